The van der Waals surface area contributed by atoms with Crippen molar-refractivity contribution in [2.45, 2.75) is 19.8 Å². The van der Waals surface area contributed by atoms with Gasteiger partial charge in [-0.05, 0) is 30.9 Å². The van der Waals surface area contributed by atoms with Gasteiger partial charge in [0.25, 0.3) is 0 Å². The maximum Gasteiger partial charge on any atom is 0.303 e. The number of nitrogens with zero attached hydrogens (tertiary/aromatic N) is 2. The molecule has 0 aromatic heterocycles. The second-order valence-corrected chi connectivity index (χ2v) is 6.99. The lowest BCUT2D eigenvalue weighted by Crippen LogP contribution is -2.46. The van der Waals surface area contributed by atoms with Crippen molar-refractivity contribution < 1.29 is 12.8 Å². The average molecular weight is 286 g/mol. The Hall–Kier alpha value is -1.14. The van der Waals surface area contributed by atoms with Crippen LogP contribution in [0.25, 0.3) is 0 Å². The monoisotopic (exact) mass is 286 g/mol. The Morgan fingerprint density at radius 1 is 1.37 bits per heavy atom. The molecule has 1 aromatic carbocycles. The first-order chi connectivity index (χ1) is 8.93. The summed E-state index contributed by atoms with van der Waals surface area (Å²) in [6.45, 7) is 3.04. The second kappa shape index (κ2) is 5.46. The zero-order valence-corrected chi connectivity index (χ0v) is 12.0. The summed E-state index contributed by atoms with van der Waals surface area (Å²) in [6, 6.07) is 5.91. The van der Waals surface area contributed by atoms with E-state index in [2.05, 4.69) is 0 Å². The molecule has 1 aliphatic heterocycles. The Bertz CT molecular complexity index is 547. The van der Waals surface area contributed by atoms with Gasteiger partial charge in [0.2, 0.25) is 0 Å². The number of rotatable bonds is 3. The van der Waals surface area contributed by atoms with Crippen LogP contribution in [0.4, 0.5) is 10.1 Å². The molecule has 1 fully saturated rings. The summed E-state index contributed by atoms with van der Waals surface area (Å²) in [5, 5.41) is 0. The molecular weight excluding hydrogens is 267 g/mol. The van der Waals surface area contributed by atoms with Gasteiger partial charge in [-0.2, -0.15) is 12.7 Å². The first kappa shape index (κ1) is 14.3. The van der Waals surface area contributed by atoms with Crippen molar-refractivity contribution in [1.29, 1.82) is 0 Å². The SMILES string of the molecule is C[C@H]1CCCN(S(=O)(=O)N(C)c2ccccc2F)C1. The van der Waals surface area contributed by atoms with Gasteiger partial charge < -0.3 is 0 Å². The van der Waals surface area contributed by atoms with Gasteiger partial charge in [0.05, 0.1) is 5.69 Å². The molecule has 0 bridgehead atoms. The Morgan fingerprint density at radius 2 is 2.05 bits per heavy atom. The zero-order chi connectivity index (χ0) is 14.0. The predicted octanol–water partition coefficient (Wildman–Crippen LogP) is 2.24. The highest BCUT2D eigenvalue weighted by atomic mass is 32.2. The molecule has 0 amide bonds. The van der Waals surface area contributed by atoms with Crippen LogP contribution in [0, 0.1) is 11.7 Å². The van der Waals surface area contributed by atoms with Gasteiger partial charge in [0, 0.05) is 20.1 Å². The van der Waals surface area contributed by atoms with E-state index in [-0.39, 0.29) is 5.69 Å². The highest BCUT2D eigenvalue weighted by molar-refractivity contribution is 7.90. The molecule has 1 atom stereocenters. The minimum Gasteiger partial charge on any atom is -0.258 e. The normalized spacial score (nSPS) is 21.3. The van der Waals surface area contributed by atoms with E-state index in [1.54, 1.807) is 12.1 Å². The Balaban J connectivity index is 2.26. The van der Waals surface area contributed by atoms with Gasteiger partial charge in [-0.15, -0.1) is 0 Å². The van der Waals surface area contributed by atoms with Crippen molar-refractivity contribution in [3.63, 3.8) is 0 Å². The lowest BCUT2D eigenvalue weighted by atomic mass is 10.0. The molecule has 1 aliphatic rings. The molecule has 106 valence electrons. The van der Waals surface area contributed by atoms with Crippen LogP contribution in [0.1, 0.15) is 19.8 Å². The van der Waals surface area contributed by atoms with Crippen LogP contribution in [-0.4, -0.2) is 32.9 Å². The van der Waals surface area contributed by atoms with Crippen molar-refractivity contribution >= 4 is 15.9 Å². The molecule has 0 spiro atoms. The molecule has 1 saturated heterocycles. The number of para-hydroxylation sites is 1. The molecule has 4 nitrogen and oxygen atoms in total. The quantitative estimate of drug-likeness (QED) is 0.855. The summed E-state index contributed by atoms with van der Waals surface area (Å²) in [5.74, 6) is -0.184. The standard InChI is InChI=1S/C13H19FN2O2S/c1-11-6-5-9-16(10-11)19(17,18)15(2)13-8-4-3-7-12(13)14/h3-4,7-8,11H,5-6,9-10H2,1-2H3/t11-/m0/s1. The molecule has 0 radical (unpaired) electrons. The fourth-order valence-corrected chi connectivity index (χ4v) is 3.91. The third-order valence-electron chi connectivity index (χ3n) is 3.48. The van der Waals surface area contributed by atoms with Gasteiger partial charge in [-0.25, -0.2) is 4.39 Å². The molecule has 6 heteroatoms. The fraction of sp³-hybridized carbons (Fsp3) is 0.538. The number of benzene rings is 1. The topological polar surface area (TPSA) is 40.6 Å². The summed E-state index contributed by atoms with van der Waals surface area (Å²) in [6.07, 6.45) is 1.89. The molecule has 2 rings (SSSR count). The van der Waals surface area contributed by atoms with Gasteiger partial charge in [-0.3, -0.25) is 4.31 Å². The first-order valence-corrected chi connectivity index (χ1v) is 7.81. The molecule has 1 heterocycles. The molecule has 0 unspecified atom stereocenters. The van der Waals surface area contributed by atoms with E-state index in [1.807, 2.05) is 6.92 Å². The number of anilines is 1. The third kappa shape index (κ3) is 2.90. The van der Waals surface area contributed by atoms with Gasteiger partial charge in [-0.1, -0.05) is 19.1 Å². The number of piperidine rings is 1. The van der Waals surface area contributed by atoms with E-state index in [0.29, 0.717) is 19.0 Å². The number of halogens is 1. The maximum absolute atomic E-state index is 13.7. The smallest absolute Gasteiger partial charge is 0.258 e. The summed E-state index contributed by atoms with van der Waals surface area (Å²) in [5.41, 5.74) is 0.0840. The van der Waals surface area contributed by atoms with Gasteiger partial charge in [0.1, 0.15) is 5.82 Å². The fourth-order valence-electron chi connectivity index (χ4n) is 2.36. The molecular formula is C13H19FN2O2S. The summed E-state index contributed by atoms with van der Waals surface area (Å²) >= 11 is 0. The largest absolute Gasteiger partial charge is 0.303 e. The van der Waals surface area contributed by atoms with Crippen molar-refractivity contribution in [1.82, 2.24) is 4.31 Å². The molecule has 19 heavy (non-hydrogen) atoms. The second-order valence-electron chi connectivity index (χ2n) is 5.03. The van der Waals surface area contributed by atoms with Crippen molar-refractivity contribution in [2.75, 3.05) is 24.4 Å². The summed E-state index contributed by atoms with van der Waals surface area (Å²) < 4.78 is 41.1. The van der Waals surface area contributed by atoms with Crippen LogP contribution in [0.3, 0.4) is 0 Å². The zero-order valence-electron chi connectivity index (χ0n) is 11.2. The van der Waals surface area contributed by atoms with Crippen LogP contribution in [0.15, 0.2) is 24.3 Å². The number of hydrogen-bond donors (Lipinski definition) is 0. The Morgan fingerprint density at radius 3 is 2.68 bits per heavy atom. The number of hydrogen-bond acceptors (Lipinski definition) is 2. The van der Waals surface area contributed by atoms with Crippen LogP contribution in [0.2, 0.25) is 0 Å². The van der Waals surface area contributed by atoms with Crippen LogP contribution >= 0.6 is 0 Å². The van der Waals surface area contributed by atoms with E-state index in [9.17, 15) is 12.8 Å². The minimum atomic E-state index is -3.64. The maximum atomic E-state index is 13.7. The lowest BCUT2D eigenvalue weighted by Gasteiger charge is -2.33. The van der Waals surface area contributed by atoms with Gasteiger partial charge in [0.15, 0.2) is 0 Å². The van der Waals surface area contributed by atoms with Crippen LogP contribution in [0.5, 0.6) is 0 Å². The minimum absolute atomic E-state index is 0.0840. The highest BCUT2D eigenvalue weighted by Gasteiger charge is 2.31. The van der Waals surface area contributed by atoms with E-state index in [0.717, 1.165) is 17.1 Å². The van der Waals surface area contributed by atoms with Crippen LogP contribution < -0.4 is 4.31 Å². The predicted molar refractivity (Wildman–Crippen MR) is 73.7 cm³/mol. The summed E-state index contributed by atoms with van der Waals surface area (Å²) in [7, 11) is -2.25. The third-order valence-corrected chi connectivity index (χ3v) is 5.36. The van der Waals surface area contributed by atoms with E-state index in [4.69, 9.17) is 0 Å². The Labute approximate surface area is 114 Å². The molecule has 0 N–H and O–H groups in total. The van der Waals surface area contributed by atoms with Crippen molar-refractivity contribution in [2.24, 2.45) is 5.92 Å². The molecule has 0 aliphatic carbocycles. The van der Waals surface area contributed by atoms with Crippen molar-refractivity contribution in [3.05, 3.63) is 30.1 Å². The van der Waals surface area contributed by atoms with Crippen molar-refractivity contribution in [3.8, 4) is 0 Å². The van der Waals surface area contributed by atoms with E-state index in [1.165, 1.54) is 23.5 Å². The lowest BCUT2D eigenvalue weighted by molar-refractivity contribution is 0.281. The highest BCUT2D eigenvalue weighted by Crippen LogP contribution is 2.25. The van der Waals surface area contributed by atoms with E-state index >= 15 is 0 Å². The molecule has 1 aromatic rings. The average Bonchev–Trinajstić information content (AvgIpc) is 2.38. The Kier molecular flexibility index (Phi) is 4.10. The van der Waals surface area contributed by atoms with Crippen LogP contribution in [-0.2, 0) is 10.2 Å². The van der Waals surface area contributed by atoms with E-state index < -0.39 is 16.0 Å². The summed E-state index contributed by atoms with van der Waals surface area (Å²) in [4.78, 5) is 0. The molecule has 0 saturated carbocycles. The first-order valence-electron chi connectivity index (χ1n) is 6.41. The van der Waals surface area contributed by atoms with Gasteiger partial charge >= 0.3 is 10.2 Å².